The van der Waals surface area contributed by atoms with E-state index in [9.17, 15) is 0 Å². The number of rotatable bonds is 3. The van der Waals surface area contributed by atoms with Gasteiger partial charge in [-0.25, -0.2) is 4.98 Å². The second-order valence-electron chi connectivity index (χ2n) is 11.1. The third kappa shape index (κ3) is 3.70. The summed E-state index contributed by atoms with van der Waals surface area (Å²) in [7, 11) is 0. The van der Waals surface area contributed by atoms with Crippen LogP contribution >= 0.6 is 0 Å². The Hall–Kier alpha value is -5.73. The number of hydrogen-bond donors (Lipinski definition) is 0. The smallest absolute Gasteiger partial charge is 0.143 e. The Morgan fingerprint density at radius 2 is 1.02 bits per heavy atom. The van der Waals surface area contributed by atoms with E-state index in [1.165, 1.54) is 27.1 Å². The van der Waals surface area contributed by atoms with Crippen LogP contribution in [0.2, 0.25) is 0 Å². The molecule has 9 aromatic rings. The van der Waals surface area contributed by atoms with Gasteiger partial charge in [-0.15, -0.1) is 0 Å². The summed E-state index contributed by atoms with van der Waals surface area (Å²) < 4.78 is 6.41. The van der Waals surface area contributed by atoms with Crippen molar-refractivity contribution < 1.29 is 4.42 Å². The number of benzene rings is 7. The Labute approximate surface area is 248 Å². The molecule has 0 atom stereocenters. The lowest BCUT2D eigenvalue weighted by Gasteiger charge is -2.16. The van der Waals surface area contributed by atoms with Gasteiger partial charge in [0.05, 0.1) is 11.2 Å². The minimum absolute atomic E-state index is 0.912. The van der Waals surface area contributed by atoms with Gasteiger partial charge in [0.15, 0.2) is 0 Å². The molecule has 0 N–H and O–H groups in total. The highest BCUT2D eigenvalue weighted by atomic mass is 16.3. The van der Waals surface area contributed by atoms with Crippen molar-refractivity contribution in [2.24, 2.45) is 0 Å². The Kier molecular flexibility index (Phi) is 5.23. The standard InChI is InChI=1S/C41H25NO/c1-2-12-26(13-3-1)40-36-25-35(30-16-4-5-18-32(30)39(36)34-19-6-8-22-37(34)42-40)28-15-10-14-27(24-28)29-20-11-21-33-31-17-7-9-23-38(31)43-41(29)33/h1-25H. The van der Waals surface area contributed by atoms with Crippen molar-refractivity contribution in [3.8, 4) is 33.5 Å². The monoisotopic (exact) mass is 547 g/mol. The van der Waals surface area contributed by atoms with E-state index in [2.05, 4.69) is 140 Å². The summed E-state index contributed by atoms with van der Waals surface area (Å²) in [6.07, 6.45) is 0. The van der Waals surface area contributed by atoms with Crippen LogP contribution in [-0.2, 0) is 0 Å². The summed E-state index contributed by atoms with van der Waals surface area (Å²) in [6.45, 7) is 0. The Bertz CT molecular complexity index is 2510. The van der Waals surface area contributed by atoms with Gasteiger partial charge in [0.25, 0.3) is 0 Å². The third-order valence-corrected chi connectivity index (χ3v) is 8.64. The molecule has 200 valence electrons. The molecular weight excluding hydrogens is 522 g/mol. The molecule has 0 unspecified atom stereocenters. The predicted molar refractivity (Wildman–Crippen MR) is 180 cm³/mol. The number of furan rings is 1. The molecule has 0 aliphatic rings. The lowest BCUT2D eigenvalue weighted by atomic mass is 9.89. The van der Waals surface area contributed by atoms with Gasteiger partial charge in [-0.1, -0.05) is 127 Å². The fourth-order valence-corrected chi connectivity index (χ4v) is 6.70. The molecule has 2 aromatic heterocycles. The molecule has 0 fully saturated rings. The molecule has 2 heterocycles. The minimum atomic E-state index is 0.912. The number of fused-ring (bicyclic) bond motifs is 8. The van der Waals surface area contributed by atoms with Crippen LogP contribution in [0.1, 0.15) is 0 Å². The third-order valence-electron chi connectivity index (χ3n) is 8.64. The maximum atomic E-state index is 6.41. The van der Waals surface area contributed by atoms with Crippen molar-refractivity contribution in [3.63, 3.8) is 0 Å². The fourth-order valence-electron chi connectivity index (χ4n) is 6.70. The minimum Gasteiger partial charge on any atom is -0.455 e. The first-order valence-electron chi connectivity index (χ1n) is 14.6. The van der Waals surface area contributed by atoms with Crippen molar-refractivity contribution in [1.29, 1.82) is 0 Å². The number of pyridine rings is 1. The molecule has 0 radical (unpaired) electrons. The first-order valence-corrected chi connectivity index (χ1v) is 14.6. The molecule has 0 bridgehead atoms. The van der Waals surface area contributed by atoms with Crippen molar-refractivity contribution in [1.82, 2.24) is 4.98 Å². The normalized spacial score (nSPS) is 11.7. The lowest BCUT2D eigenvalue weighted by molar-refractivity contribution is 0.670. The van der Waals surface area contributed by atoms with Gasteiger partial charge in [-0.05, 0) is 51.7 Å². The second-order valence-corrected chi connectivity index (χ2v) is 11.1. The molecule has 0 saturated carbocycles. The summed E-state index contributed by atoms with van der Waals surface area (Å²) in [5, 5.41) is 8.31. The quantitative estimate of drug-likeness (QED) is 0.206. The second kappa shape index (κ2) is 9.40. The molecule has 43 heavy (non-hydrogen) atoms. The average Bonchev–Trinajstić information content (AvgIpc) is 3.47. The summed E-state index contributed by atoms with van der Waals surface area (Å²) in [5.74, 6) is 0. The zero-order valence-corrected chi connectivity index (χ0v) is 23.3. The fraction of sp³-hybridized carbons (Fsp3) is 0. The lowest BCUT2D eigenvalue weighted by Crippen LogP contribution is -1.93. The van der Waals surface area contributed by atoms with Gasteiger partial charge < -0.3 is 4.42 Å². The molecule has 7 aromatic carbocycles. The van der Waals surface area contributed by atoms with Crippen LogP contribution in [0.25, 0.3) is 87.9 Å². The van der Waals surface area contributed by atoms with E-state index >= 15 is 0 Å². The van der Waals surface area contributed by atoms with Crippen LogP contribution in [0, 0.1) is 0 Å². The van der Waals surface area contributed by atoms with Gasteiger partial charge in [0.1, 0.15) is 11.2 Å². The molecule has 0 amide bonds. The summed E-state index contributed by atoms with van der Waals surface area (Å²) in [6, 6.07) is 53.7. The topological polar surface area (TPSA) is 26.0 Å². The molecule has 2 nitrogen and oxygen atoms in total. The molecular formula is C41H25NO. The van der Waals surface area contributed by atoms with E-state index in [4.69, 9.17) is 9.40 Å². The average molecular weight is 548 g/mol. The van der Waals surface area contributed by atoms with Crippen LogP contribution in [0.4, 0.5) is 0 Å². The summed E-state index contributed by atoms with van der Waals surface area (Å²) in [4.78, 5) is 5.22. The van der Waals surface area contributed by atoms with Crippen LogP contribution < -0.4 is 0 Å². The SMILES string of the molecule is c1ccc(-c2nc3ccccc3c3c2cc(-c2cccc(-c4cccc5c4oc4ccccc45)c2)c2ccccc23)cc1. The van der Waals surface area contributed by atoms with E-state index < -0.39 is 0 Å². The molecule has 0 saturated heterocycles. The van der Waals surface area contributed by atoms with Gasteiger partial charge >= 0.3 is 0 Å². The number of nitrogens with zero attached hydrogens (tertiary/aromatic N) is 1. The largest absolute Gasteiger partial charge is 0.455 e. The Morgan fingerprint density at radius 3 is 1.88 bits per heavy atom. The summed E-state index contributed by atoms with van der Waals surface area (Å²) in [5.41, 5.74) is 9.54. The molecule has 0 aliphatic heterocycles. The molecule has 2 heteroatoms. The van der Waals surface area contributed by atoms with Gasteiger partial charge in [0.2, 0.25) is 0 Å². The highest BCUT2D eigenvalue weighted by molar-refractivity contribution is 6.25. The number of hydrogen-bond acceptors (Lipinski definition) is 2. The molecule has 9 rings (SSSR count). The molecule has 0 spiro atoms. The van der Waals surface area contributed by atoms with E-state index in [-0.39, 0.29) is 0 Å². The Morgan fingerprint density at radius 1 is 0.395 bits per heavy atom. The maximum Gasteiger partial charge on any atom is 0.143 e. The highest BCUT2D eigenvalue weighted by Crippen LogP contribution is 2.43. The maximum absolute atomic E-state index is 6.41. The van der Waals surface area contributed by atoms with Crippen LogP contribution in [0.5, 0.6) is 0 Å². The van der Waals surface area contributed by atoms with E-state index in [0.717, 1.165) is 60.8 Å². The Balaban J connectivity index is 1.34. The van der Waals surface area contributed by atoms with E-state index in [0.29, 0.717) is 0 Å². The zero-order valence-electron chi connectivity index (χ0n) is 23.3. The van der Waals surface area contributed by atoms with Crippen LogP contribution in [0.3, 0.4) is 0 Å². The first kappa shape index (κ1) is 23.9. The van der Waals surface area contributed by atoms with Crippen LogP contribution in [0.15, 0.2) is 156 Å². The van der Waals surface area contributed by atoms with Crippen LogP contribution in [-0.4, -0.2) is 4.98 Å². The number of para-hydroxylation sites is 3. The van der Waals surface area contributed by atoms with Crippen molar-refractivity contribution >= 4 is 54.4 Å². The van der Waals surface area contributed by atoms with Crippen molar-refractivity contribution in [3.05, 3.63) is 152 Å². The van der Waals surface area contributed by atoms with Gasteiger partial charge in [-0.2, -0.15) is 0 Å². The highest BCUT2D eigenvalue weighted by Gasteiger charge is 2.17. The van der Waals surface area contributed by atoms with Crippen molar-refractivity contribution in [2.75, 3.05) is 0 Å². The van der Waals surface area contributed by atoms with Crippen molar-refractivity contribution in [2.45, 2.75) is 0 Å². The zero-order chi connectivity index (χ0) is 28.3. The van der Waals surface area contributed by atoms with Gasteiger partial charge in [0, 0.05) is 38.1 Å². The number of aromatic nitrogens is 1. The summed E-state index contributed by atoms with van der Waals surface area (Å²) >= 11 is 0. The van der Waals surface area contributed by atoms with E-state index in [1.54, 1.807) is 0 Å². The first-order chi connectivity index (χ1) is 21.3. The van der Waals surface area contributed by atoms with Gasteiger partial charge in [-0.3, -0.25) is 0 Å². The van der Waals surface area contributed by atoms with E-state index in [1.807, 2.05) is 12.1 Å². The predicted octanol–water partition coefficient (Wildman–Crippen LogP) is 11.4. The molecule has 0 aliphatic carbocycles.